The lowest BCUT2D eigenvalue weighted by Gasteiger charge is -2.21. The maximum absolute atomic E-state index is 12.2. The van der Waals surface area contributed by atoms with E-state index >= 15 is 0 Å². The normalized spacial score (nSPS) is 22.9. The first-order chi connectivity index (χ1) is 8.34. The van der Waals surface area contributed by atoms with Gasteiger partial charge in [-0.2, -0.15) is 11.8 Å². The van der Waals surface area contributed by atoms with E-state index in [4.69, 9.17) is 9.47 Å². The molecule has 0 N–H and O–H groups in total. The van der Waals surface area contributed by atoms with Crippen LogP contribution in [0.15, 0.2) is 18.2 Å². The number of fused-ring (bicyclic) bond motifs is 1. The first-order valence-electron chi connectivity index (χ1n) is 5.84. The molecule has 2 aliphatic heterocycles. The van der Waals surface area contributed by atoms with E-state index in [9.17, 15) is 4.79 Å². The van der Waals surface area contributed by atoms with Crippen LogP contribution in [0.1, 0.15) is 15.9 Å². The van der Waals surface area contributed by atoms with Gasteiger partial charge in [0.15, 0.2) is 5.78 Å². The standard InChI is InChI=1S/C13H14O3S/c14-13(12-8-17-6-5-16-12)10-1-2-11-9(7-10)3-4-15-11/h1-2,7,12H,3-6,8H2. The fourth-order valence-electron chi connectivity index (χ4n) is 2.16. The van der Waals surface area contributed by atoms with Crippen molar-refractivity contribution >= 4 is 17.5 Å². The van der Waals surface area contributed by atoms with E-state index < -0.39 is 0 Å². The minimum Gasteiger partial charge on any atom is -0.493 e. The molecule has 2 aliphatic rings. The van der Waals surface area contributed by atoms with Gasteiger partial charge in [0.1, 0.15) is 11.9 Å². The van der Waals surface area contributed by atoms with Gasteiger partial charge < -0.3 is 9.47 Å². The molecule has 0 bridgehead atoms. The van der Waals surface area contributed by atoms with Crippen LogP contribution in [0.3, 0.4) is 0 Å². The Bertz CT molecular complexity index is 438. The van der Waals surface area contributed by atoms with Gasteiger partial charge in [-0.15, -0.1) is 0 Å². The molecule has 0 saturated carbocycles. The highest BCUT2D eigenvalue weighted by atomic mass is 32.2. The number of benzene rings is 1. The monoisotopic (exact) mass is 250 g/mol. The van der Waals surface area contributed by atoms with Crippen LogP contribution in [0.5, 0.6) is 5.75 Å². The van der Waals surface area contributed by atoms with Crippen molar-refractivity contribution in [1.29, 1.82) is 0 Å². The molecule has 1 aromatic rings. The zero-order valence-corrected chi connectivity index (χ0v) is 10.3. The van der Waals surface area contributed by atoms with Crippen molar-refractivity contribution < 1.29 is 14.3 Å². The van der Waals surface area contributed by atoms with Crippen LogP contribution >= 0.6 is 11.8 Å². The molecule has 2 heterocycles. The van der Waals surface area contributed by atoms with E-state index in [0.29, 0.717) is 6.61 Å². The number of ether oxygens (including phenoxy) is 2. The van der Waals surface area contributed by atoms with Crippen molar-refractivity contribution in [2.45, 2.75) is 12.5 Å². The molecule has 0 aliphatic carbocycles. The second kappa shape index (κ2) is 4.70. The molecule has 0 spiro atoms. The number of carbonyl (C=O) groups is 1. The Balaban J connectivity index is 1.81. The fourth-order valence-corrected chi connectivity index (χ4v) is 3.01. The second-order valence-electron chi connectivity index (χ2n) is 4.22. The lowest BCUT2D eigenvalue weighted by Crippen LogP contribution is -2.31. The highest BCUT2D eigenvalue weighted by molar-refractivity contribution is 7.99. The molecular formula is C13H14O3S. The SMILES string of the molecule is O=C(c1ccc2c(c1)CCO2)C1CSCCO1. The zero-order chi connectivity index (χ0) is 11.7. The summed E-state index contributed by atoms with van der Waals surface area (Å²) in [4.78, 5) is 12.2. The van der Waals surface area contributed by atoms with Crippen LogP contribution in [0.4, 0.5) is 0 Å². The molecule has 0 amide bonds. The highest BCUT2D eigenvalue weighted by Gasteiger charge is 2.24. The van der Waals surface area contributed by atoms with Gasteiger partial charge in [0, 0.05) is 23.5 Å². The Morgan fingerprint density at radius 2 is 2.29 bits per heavy atom. The molecule has 0 aromatic heterocycles. The minimum absolute atomic E-state index is 0.104. The van der Waals surface area contributed by atoms with Gasteiger partial charge in [0.2, 0.25) is 0 Å². The number of ketones is 1. The molecular weight excluding hydrogens is 236 g/mol. The van der Waals surface area contributed by atoms with Gasteiger partial charge in [-0.3, -0.25) is 4.79 Å². The average Bonchev–Trinajstić information content (AvgIpc) is 2.86. The van der Waals surface area contributed by atoms with Crippen LogP contribution in [-0.4, -0.2) is 36.6 Å². The summed E-state index contributed by atoms with van der Waals surface area (Å²) in [7, 11) is 0. The molecule has 1 saturated heterocycles. The summed E-state index contributed by atoms with van der Waals surface area (Å²) in [5.74, 6) is 2.78. The number of hydrogen-bond acceptors (Lipinski definition) is 4. The molecule has 0 radical (unpaired) electrons. The van der Waals surface area contributed by atoms with Gasteiger partial charge >= 0.3 is 0 Å². The predicted octanol–water partition coefficient (Wildman–Crippen LogP) is 1.94. The number of rotatable bonds is 2. The number of carbonyl (C=O) groups excluding carboxylic acids is 1. The van der Waals surface area contributed by atoms with Crippen LogP contribution < -0.4 is 4.74 Å². The molecule has 17 heavy (non-hydrogen) atoms. The summed E-state index contributed by atoms with van der Waals surface area (Å²) < 4.78 is 10.9. The van der Waals surface area contributed by atoms with Crippen LogP contribution in [-0.2, 0) is 11.2 Å². The maximum atomic E-state index is 12.2. The van der Waals surface area contributed by atoms with E-state index in [-0.39, 0.29) is 11.9 Å². The second-order valence-corrected chi connectivity index (χ2v) is 5.37. The van der Waals surface area contributed by atoms with Gasteiger partial charge in [-0.25, -0.2) is 0 Å². The summed E-state index contributed by atoms with van der Waals surface area (Å²) in [5.41, 5.74) is 1.89. The molecule has 1 unspecified atom stereocenters. The van der Waals surface area contributed by atoms with Gasteiger partial charge in [-0.05, 0) is 23.8 Å². The summed E-state index contributed by atoms with van der Waals surface area (Å²) in [6.45, 7) is 1.40. The number of thioether (sulfide) groups is 1. The third-order valence-corrected chi connectivity index (χ3v) is 4.08. The summed E-state index contributed by atoms with van der Waals surface area (Å²) >= 11 is 1.78. The Morgan fingerprint density at radius 3 is 3.12 bits per heavy atom. The summed E-state index contributed by atoms with van der Waals surface area (Å²) in [5, 5.41) is 0. The topological polar surface area (TPSA) is 35.5 Å². The van der Waals surface area contributed by atoms with E-state index in [0.717, 1.165) is 41.4 Å². The van der Waals surface area contributed by atoms with Crippen LogP contribution in [0.2, 0.25) is 0 Å². The van der Waals surface area contributed by atoms with E-state index in [1.54, 1.807) is 11.8 Å². The summed E-state index contributed by atoms with van der Waals surface area (Å²) in [6.07, 6.45) is 0.630. The third kappa shape index (κ3) is 2.19. The van der Waals surface area contributed by atoms with E-state index in [1.165, 1.54) is 0 Å². The smallest absolute Gasteiger partial charge is 0.192 e. The first-order valence-corrected chi connectivity index (χ1v) is 6.99. The first kappa shape index (κ1) is 11.1. The lowest BCUT2D eigenvalue weighted by atomic mass is 10.0. The zero-order valence-electron chi connectivity index (χ0n) is 9.48. The number of hydrogen-bond donors (Lipinski definition) is 0. The molecule has 3 nitrogen and oxygen atoms in total. The predicted molar refractivity (Wildman–Crippen MR) is 67.0 cm³/mol. The minimum atomic E-state index is -0.269. The molecule has 3 rings (SSSR count). The Labute approximate surface area is 104 Å². The number of Topliss-reactive ketones (excluding diaryl/α,β-unsaturated/α-hetero) is 1. The quantitative estimate of drug-likeness (QED) is 0.751. The molecule has 4 heteroatoms. The Hall–Kier alpha value is -1.00. The largest absolute Gasteiger partial charge is 0.493 e. The van der Waals surface area contributed by atoms with Crippen molar-refractivity contribution in [1.82, 2.24) is 0 Å². The van der Waals surface area contributed by atoms with Crippen molar-refractivity contribution in [3.8, 4) is 5.75 Å². The highest BCUT2D eigenvalue weighted by Crippen LogP contribution is 2.27. The van der Waals surface area contributed by atoms with Crippen molar-refractivity contribution in [2.24, 2.45) is 0 Å². The third-order valence-electron chi connectivity index (χ3n) is 3.08. The van der Waals surface area contributed by atoms with Crippen LogP contribution in [0, 0.1) is 0 Å². The molecule has 1 aromatic carbocycles. The van der Waals surface area contributed by atoms with Crippen molar-refractivity contribution in [2.75, 3.05) is 24.7 Å². The van der Waals surface area contributed by atoms with Crippen molar-refractivity contribution in [3.05, 3.63) is 29.3 Å². The van der Waals surface area contributed by atoms with Crippen molar-refractivity contribution in [3.63, 3.8) is 0 Å². The van der Waals surface area contributed by atoms with E-state index in [2.05, 4.69) is 0 Å². The van der Waals surface area contributed by atoms with Gasteiger partial charge in [0.05, 0.1) is 13.2 Å². The fraction of sp³-hybridized carbons (Fsp3) is 0.462. The summed E-state index contributed by atoms with van der Waals surface area (Å²) in [6, 6.07) is 5.69. The average molecular weight is 250 g/mol. The van der Waals surface area contributed by atoms with E-state index in [1.807, 2.05) is 18.2 Å². The van der Waals surface area contributed by atoms with Gasteiger partial charge in [-0.1, -0.05) is 0 Å². The molecule has 1 atom stereocenters. The van der Waals surface area contributed by atoms with Crippen LogP contribution in [0.25, 0.3) is 0 Å². The Morgan fingerprint density at radius 1 is 1.35 bits per heavy atom. The molecule has 1 fully saturated rings. The maximum Gasteiger partial charge on any atom is 0.192 e. The Kier molecular flexibility index (Phi) is 3.07. The van der Waals surface area contributed by atoms with Gasteiger partial charge in [0.25, 0.3) is 0 Å². The lowest BCUT2D eigenvalue weighted by molar-refractivity contribution is 0.0519. The molecule has 90 valence electrons.